The minimum absolute atomic E-state index is 0.131. The lowest BCUT2D eigenvalue weighted by atomic mass is 9.94. The van der Waals surface area contributed by atoms with Crippen molar-refractivity contribution in [1.29, 1.82) is 0 Å². The van der Waals surface area contributed by atoms with Crippen molar-refractivity contribution in [2.24, 2.45) is 5.92 Å². The Morgan fingerprint density at radius 3 is 2.40 bits per heavy atom. The second-order valence-corrected chi connectivity index (χ2v) is 7.86. The van der Waals surface area contributed by atoms with Gasteiger partial charge in [0.15, 0.2) is 0 Å². The fraction of sp³-hybridized carbons (Fsp3) is 0.833. The van der Waals surface area contributed by atoms with Crippen molar-refractivity contribution in [2.75, 3.05) is 26.2 Å². The summed E-state index contributed by atoms with van der Waals surface area (Å²) in [6.45, 7) is 8.04. The molecule has 0 N–H and O–H groups in total. The van der Waals surface area contributed by atoms with Gasteiger partial charge in [0.1, 0.15) is 0 Å². The standard InChI is InChI=1S/C18H28N4O3/c1-12-9-22(10-13(2)24-12)18(23)15-5-7-21(8-6-15)11-16-19-20-17(25-16)14-3-4-14/h12-15H,3-11H2,1-2H3/t12-,13-/m0/s1. The van der Waals surface area contributed by atoms with Crippen molar-refractivity contribution < 1.29 is 13.9 Å². The van der Waals surface area contributed by atoms with Crippen LogP contribution in [0.5, 0.6) is 0 Å². The summed E-state index contributed by atoms with van der Waals surface area (Å²) in [5.74, 6) is 2.45. The van der Waals surface area contributed by atoms with Crippen LogP contribution < -0.4 is 0 Å². The fourth-order valence-corrected chi connectivity index (χ4v) is 3.97. The largest absolute Gasteiger partial charge is 0.424 e. The zero-order chi connectivity index (χ0) is 17.4. The molecule has 25 heavy (non-hydrogen) atoms. The SMILES string of the molecule is C[C@H]1CN(C(=O)C2CCN(Cc3nnc(C4CC4)o3)CC2)C[C@H](C)O1. The van der Waals surface area contributed by atoms with E-state index in [2.05, 4.69) is 15.1 Å². The van der Waals surface area contributed by atoms with Crippen LogP contribution in [0.3, 0.4) is 0 Å². The van der Waals surface area contributed by atoms with Gasteiger partial charge in [-0.1, -0.05) is 0 Å². The van der Waals surface area contributed by atoms with Crippen LogP contribution in [0.4, 0.5) is 0 Å². The highest BCUT2D eigenvalue weighted by Gasteiger charge is 2.33. The number of ether oxygens (including phenoxy) is 1. The van der Waals surface area contributed by atoms with Crippen molar-refractivity contribution in [1.82, 2.24) is 20.0 Å². The second-order valence-electron chi connectivity index (χ2n) is 7.86. The van der Waals surface area contributed by atoms with Gasteiger partial charge in [-0.2, -0.15) is 0 Å². The lowest BCUT2D eigenvalue weighted by molar-refractivity contribution is -0.149. The summed E-state index contributed by atoms with van der Waals surface area (Å²) in [7, 11) is 0. The number of hydrogen-bond acceptors (Lipinski definition) is 6. The number of aromatic nitrogens is 2. The van der Waals surface area contributed by atoms with E-state index in [-0.39, 0.29) is 18.1 Å². The Balaban J connectivity index is 1.26. The van der Waals surface area contributed by atoms with E-state index in [1.165, 1.54) is 12.8 Å². The number of carbonyl (C=O) groups excluding carboxylic acids is 1. The molecule has 7 nitrogen and oxygen atoms in total. The summed E-state index contributed by atoms with van der Waals surface area (Å²) in [5.41, 5.74) is 0. The van der Waals surface area contributed by atoms with Gasteiger partial charge in [0.2, 0.25) is 17.7 Å². The van der Waals surface area contributed by atoms with Gasteiger partial charge in [-0.3, -0.25) is 9.69 Å². The third-order valence-corrected chi connectivity index (χ3v) is 5.44. The van der Waals surface area contributed by atoms with Crippen LogP contribution >= 0.6 is 0 Å². The minimum Gasteiger partial charge on any atom is -0.424 e. The van der Waals surface area contributed by atoms with Crippen LogP contribution in [0, 0.1) is 5.92 Å². The number of likely N-dealkylation sites (tertiary alicyclic amines) is 1. The first kappa shape index (κ1) is 17.0. The zero-order valence-corrected chi connectivity index (χ0v) is 15.2. The number of nitrogens with zero attached hydrogens (tertiary/aromatic N) is 4. The van der Waals surface area contributed by atoms with E-state index in [1.807, 2.05) is 18.7 Å². The summed E-state index contributed by atoms with van der Waals surface area (Å²) >= 11 is 0. The number of carbonyl (C=O) groups is 1. The first-order valence-corrected chi connectivity index (χ1v) is 9.57. The first-order valence-electron chi connectivity index (χ1n) is 9.57. The molecule has 2 aliphatic heterocycles. The first-order chi connectivity index (χ1) is 12.1. The molecule has 138 valence electrons. The Morgan fingerprint density at radius 2 is 1.76 bits per heavy atom. The topological polar surface area (TPSA) is 71.7 Å². The van der Waals surface area contributed by atoms with Gasteiger partial charge in [-0.15, -0.1) is 10.2 Å². The van der Waals surface area contributed by atoms with Crippen molar-refractivity contribution >= 4 is 5.91 Å². The predicted octanol–water partition coefficient (Wildman–Crippen LogP) is 1.79. The van der Waals surface area contributed by atoms with Crippen molar-refractivity contribution in [3.8, 4) is 0 Å². The number of piperidine rings is 1. The number of amides is 1. The van der Waals surface area contributed by atoms with Gasteiger partial charge in [0, 0.05) is 24.9 Å². The smallest absolute Gasteiger partial charge is 0.230 e. The molecule has 3 aliphatic rings. The number of hydrogen-bond donors (Lipinski definition) is 0. The van der Waals surface area contributed by atoms with Crippen LogP contribution in [0.25, 0.3) is 0 Å². The maximum atomic E-state index is 12.8. The van der Waals surface area contributed by atoms with Crippen LogP contribution in [0.15, 0.2) is 4.42 Å². The molecule has 7 heteroatoms. The molecule has 0 spiro atoms. The van der Waals surface area contributed by atoms with E-state index >= 15 is 0 Å². The van der Waals surface area contributed by atoms with E-state index in [0.717, 1.165) is 44.9 Å². The fourth-order valence-electron chi connectivity index (χ4n) is 3.97. The predicted molar refractivity (Wildman–Crippen MR) is 90.9 cm³/mol. The number of morpholine rings is 1. The molecule has 0 bridgehead atoms. The highest BCUT2D eigenvalue weighted by molar-refractivity contribution is 5.79. The van der Waals surface area contributed by atoms with Crippen molar-refractivity contribution in [3.05, 3.63) is 11.8 Å². The molecule has 1 aliphatic carbocycles. The molecule has 2 atom stereocenters. The lowest BCUT2D eigenvalue weighted by Gasteiger charge is -2.39. The molecule has 4 rings (SSSR count). The molecule has 1 amide bonds. The van der Waals surface area contributed by atoms with Crippen LogP contribution in [-0.2, 0) is 16.1 Å². The van der Waals surface area contributed by atoms with E-state index < -0.39 is 0 Å². The summed E-state index contributed by atoms with van der Waals surface area (Å²) in [6.07, 6.45) is 4.42. The highest BCUT2D eigenvalue weighted by atomic mass is 16.5. The molecule has 2 saturated heterocycles. The van der Waals surface area contributed by atoms with Gasteiger partial charge in [0.25, 0.3) is 0 Å². The number of rotatable bonds is 4. The van der Waals surface area contributed by atoms with Gasteiger partial charge >= 0.3 is 0 Å². The van der Waals surface area contributed by atoms with Crippen LogP contribution in [0.2, 0.25) is 0 Å². The second kappa shape index (κ2) is 7.03. The van der Waals surface area contributed by atoms with Crippen LogP contribution in [-0.4, -0.2) is 64.3 Å². The Labute approximate surface area is 148 Å². The molecule has 0 radical (unpaired) electrons. The molecule has 3 fully saturated rings. The highest BCUT2D eigenvalue weighted by Crippen LogP contribution is 2.39. The molecule has 1 aromatic rings. The molecule has 1 aromatic heterocycles. The summed E-state index contributed by atoms with van der Waals surface area (Å²) in [6, 6.07) is 0. The Kier molecular flexibility index (Phi) is 4.78. The van der Waals surface area contributed by atoms with Gasteiger partial charge in [-0.05, 0) is 52.6 Å². The Bertz CT molecular complexity index is 597. The molecule has 0 unspecified atom stereocenters. The van der Waals surface area contributed by atoms with E-state index in [4.69, 9.17) is 9.15 Å². The Morgan fingerprint density at radius 1 is 1.08 bits per heavy atom. The molecule has 3 heterocycles. The quantitative estimate of drug-likeness (QED) is 0.826. The van der Waals surface area contributed by atoms with Crippen molar-refractivity contribution in [2.45, 2.75) is 64.2 Å². The lowest BCUT2D eigenvalue weighted by Crippen LogP contribution is -2.51. The van der Waals surface area contributed by atoms with Gasteiger partial charge in [0.05, 0.1) is 18.8 Å². The molecule has 1 saturated carbocycles. The third kappa shape index (κ3) is 4.03. The molecular formula is C18H28N4O3. The summed E-state index contributed by atoms with van der Waals surface area (Å²) < 4.78 is 11.5. The summed E-state index contributed by atoms with van der Waals surface area (Å²) in [5, 5.41) is 8.31. The Hall–Kier alpha value is -1.47. The minimum atomic E-state index is 0.131. The van der Waals surface area contributed by atoms with E-state index in [9.17, 15) is 4.79 Å². The van der Waals surface area contributed by atoms with E-state index in [1.54, 1.807) is 0 Å². The average molecular weight is 348 g/mol. The molecule has 0 aromatic carbocycles. The third-order valence-electron chi connectivity index (χ3n) is 5.44. The normalized spacial score (nSPS) is 29.1. The molecular weight excluding hydrogens is 320 g/mol. The maximum Gasteiger partial charge on any atom is 0.230 e. The van der Waals surface area contributed by atoms with Gasteiger partial charge < -0.3 is 14.1 Å². The summed E-state index contributed by atoms with van der Waals surface area (Å²) in [4.78, 5) is 17.1. The monoisotopic (exact) mass is 348 g/mol. The van der Waals surface area contributed by atoms with Crippen molar-refractivity contribution in [3.63, 3.8) is 0 Å². The average Bonchev–Trinajstić information content (AvgIpc) is 3.34. The maximum absolute atomic E-state index is 12.8. The van der Waals surface area contributed by atoms with Crippen LogP contribution in [0.1, 0.15) is 57.2 Å². The zero-order valence-electron chi connectivity index (χ0n) is 15.2. The van der Waals surface area contributed by atoms with Gasteiger partial charge in [-0.25, -0.2) is 0 Å². The van der Waals surface area contributed by atoms with E-state index in [0.29, 0.717) is 24.3 Å².